The van der Waals surface area contributed by atoms with Gasteiger partial charge in [-0.1, -0.05) is 0 Å². The third-order valence-electron chi connectivity index (χ3n) is 3.63. The van der Waals surface area contributed by atoms with Gasteiger partial charge in [0.15, 0.2) is 0 Å². The summed E-state index contributed by atoms with van der Waals surface area (Å²) in [6.45, 7) is 3.55. The van der Waals surface area contributed by atoms with Crippen molar-refractivity contribution < 1.29 is 0 Å². The minimum absolute atomic E-state index is 0.703. The van der Waals surface area contributed by atoms with Gasteiger partial charge < -0.3 is 5.32 Å². The van der Waals surface area contributed by atoms with Gasteiger partial charge in [-0.2, -0.15) is 0 Å². The molecular formula is C11H17N3S. The molecule has 82 valence electrons. The van der Waals surface area contributed by atoms with Crippen molar-refractivity contribution in [1.82, 2.24) is 15.2 Å². The molecule has 2 aliphatic rings. The van der Waals surface area contributed by atoms with Crippen LogP contribution >= 0.6 is 11.3 Å². The van der Waals surface area contributed by atoms with E-state index in [9.17, 15) is 0 Å². The van der Waals surface area contributed by atoms with Crippen LogP contribution < -0.4 is 5.32 Å². The zero-order chi connectivity index (χ0) is 10.1. The Hall–Kier alpha value is -0.450. The summed E-state index contributed by atoms with van der Waals surface area (Å²) in [6.07, 6.45) is 4.09. The Labute approximate surface area is 94.5 Å². The smallest absolute Gasteiger partial charge is 0.0795 e. The van der Waals surface area contributed by atoms with Gasteiger partial charge in [0, 0.05) is 30.6 Å². The molecule has 3 rings (SSSR count). The molecule has 3 nitrogen and oxygen atoms in total. The van der Waals surface area contributed by atoms with Gasteiger partial charge in [0.2, 0.25) is 0 Å². The highest BCUT2D eigenvalue weighted by Crippen LogP contribution is 2.27. The van der Waals surface area contributed by atoms with Crippen molar-refractivity contribution in [3.63, 3.8) is 0 Å². The van der Waals surface area contributed by atoms with Gasteiger partial charge in [-0.15, -0.1) is 11.3 Å². The van der Waals surface area contributed by atoms with Crippen molar-refractivity contribution in [2.75, 3.05) is 13.1 Å². The second-order valence-corrected chi connectivity index (χ2v) is 5.22. The van der Waals surface area contributed by atoms with Crippen molar-refractivity contribution in [2.45, 2.75) is 37.9 Å². The maximum Gasteiger partial charge on any atom is 0.0795 e. The first-order chi connectivity index (χ1) is 7.43. The quantitative estimate of drug-likeness (QED) is 0.841. The molecule has 1 aromatic rings. The highest BCUT2D eigenvalue weighted by molar-refractivity contribution is 7.07. The highest BCUT2D eigenvalue weighted by Gasteiger charge is 2.36. The van der Waals surface area contributed by atoms with E-state index in [2.05, 4.69) is 20.6 Å². The minimum Gasteiger partial charge on any atom is -0.307 e. The standard InChI is InChI=1S/C11H17N3S/c1-2-11-10(3-5-14(11)4-1)12-6-9-7-15-8-13-9/h7-8,10-12H,1-6H2. The average Bonchev–Trinajstić information content (AvgIpc) is 2.93. The normalized spacial score (nSPS) is 30.9. The topological polar surface area (TPSA) is 28.2 Å². The zero-order valence-corrected chi connectivity index (χ0v) is 9.67. The molecule has 0 saturated carbocycles. The molecule has 1 N–H and O–H groups in total. The summed E-state index contributed by atoms with van der Waals surface area (Å²) in [7, 11) is 0. The predicted molar refractivity (Wildman–Crippen MR) is 62.0 cm³/mol. The lowest BCUT2D eigenvalue weighted by atomic mass is 10.1. The molecule has 15 heavy (non-hydrogen) atoms. The maximum atomic E-state index is 4.31. The number of rotatable bonds is 3. The molecular weight excluding hydrogens is 206 g/mol. The van der Waals surface area contributed by atoms with Gasteiger partial charge in [0.25, 0.3) is 0 Å². The van der Waals surface area contributed by atoms with Crippen LogP contribution in [0.4, 0.5) is 0 Å². The fraction of sp³-hybridized carbons (Fsp3) is 0.727. The summed E-state index contributed by atoms with van der Waals surface area (Å²) < 4.78 is 0. The van der Waals surface area contributed by atoms with Gasteiger partial charge in [-0.05, 0) is 25.8 Å². The Morgan fingerprint density at radius 3 is 3.33 bits per heavy atom. The van der Waals surface area contributed by atoms with Gasteiger partial charge in [0.05, 0.1) is 11.2 Å². The van der Waals surface area contributed by atoms with Gasteiger partial charge in [-0.3, -0.25) is 4.90 Å². The first kappa shape index (κ1) is 9.75. The van der Waals surface area contributed by atoms with E-state index < -0.39 is 0 Å². The third kappa shape index (κ3) is 1.94. The SMILES string of the molecule is c1nc(CNC2CCN3CCCC23)cs1. The Morgan fingerprint density at radius 1 is 1.47 bits per heavy atom. The van der Waals surface area contributed by atoms with Gasteiger partial charge in [-0.25, -0.2) is 4.98 Å². The van der Waals surface area contributed by atoms with Crippen LogP contribution in [-0.2, 0) is 6.54 Å². The van der Waals surface area contributed by atoms with Crippen LogP contribution in [0.1, 0.15) is 25.0 Å². The summed E-state index contributed by atoms with van der Waals surface area (Å²) in [6, 6.07) is 1.51. The second kappa shape index (κ2) is 4.20. The number of hydrogen-bond donors (Lipinski definition) is 1. The molecule has 3 heterocycles. The van der Waals surface area contributed by atoms with Crippen LogP contribution in [0.5, 0.6) is 0 Å². The number of nitrogens with one attached hydrogen (secondary N) is 1. The van der Waals surface area contributed by atoms with Gasteiger partial charge in [0.1, 0.15) is 0 Å². The van der Waals surface area contributed by atoms with Crippen molar-refractivity contribution in [1.29, 1.82) is 0 Å². The molecule has 0 amide bonds. The fourth-order valence-corrected chi connectivity index (χ4v) is 3.44. The second-order valence-electron chi connectivity index (χ2n) is 4.50. The molecule has 2 unspecified atom stereocenters. The molecule has 2 fully saturated rings. The predicted octanol–water partition coefficient (Wildman–Crippen LogP) is 1.47. The number of aromatic nitrogens is 1. The van der Waals surface area contributed by atoms with Crippen LogP contribution in [0.25, 0.3) is 0 Å². The summed E-state index contributed by atoms with van der Waals surface area (Å²) >= 11 is 1.68. The van der Waals surface area contributed by atoms with Crippen LogP contribution in [0.15, 0.2) is 10.9 Å². The number of fused-ring (bicyclic) bond motifs is 1. The minimum atomic E-state index is 0.703. The Morgan fingerprint density at radius 2 is 2.47 bits per heavy atom. The third-order valence-corrected chi connectivity index (χ3v) is 4.27. The number of hydrogen-bond acceptors (Lipinski definition) is 4. The lowest BCUT2D eigenvalue weighted by Gasteiger charge is -2.20. The van der Waals surface area contributed by atoms with Crippen LogP contribution in [-0.4, -0.2) is 35.1 Å². The molecule has 4 heteroatoms. The molecule has 2 atom stereocenters. The lowest BCUT2D eigenvalue weighted by Crippen LogP contribution is -2.38. The first-order valence-corrected chi connectivity index (χ1v) is 6.72. The van der Waals surface area contributed by atoms with Crippen molar-refractivity contribution in [2.24, 2.45) is 0 Å². The van der Waals surface area contributed by atoms with E-state index in [0.29, 0.717) is 6.04 Å². The Balaban J connectivity index is 1.55. The van der Waals surface area contributed by atoms with E-state index in [4.69, 9.17) is 0 Å². The fourth-order valence-electron chi connectivity index (χ4n) is 2.88. The van der Waals surface area contributed by atoms with Crippen LogP contribution in [0.3, 0.4) is 0 Å². The van der Waals surface area contributed by atoms with E-state index in [1.807, 2.05) is 5.51 Å². The molecule has 0 bridgehead atoms. The summed E-state index contributed by atoms with van der Waals surface area (Å²) in [5.74, 6) is 0. The van der Waals surface area contributed by atoms with E-state index in [1.165, 1.54) is 38.0 Å². The molecule has 2 saturated heterocycles. The van der Waals surface area contributed by atoms with Crippen molar-refractivity contribution in [3.05, 3.63) is 16.6 Å². The summed E-state index contributed by atoms with van der Waals surface area (Å²) in [4.78, 5) is 6.94. The molecule has 0 radical (unpaired) electrons. The van der Waals surface area contributed by atoms with E-state index >= 15 is 0 Å². The van der Waals surface area contributed by atoms with Crippen molar-refractivity contribution >= 4 is 11.3 Å². The van der Waals surface area contributed by atoms with Crippen molar-refractivity contribution in [3.8, 4) is 0 Å². The molecule has 0 aromatic carbocycles. The van der Waals surface area contributed by atoms with E-state index in [-0.39, 0.29) is 0 Å². The largest absolute Gasteiger partial charge is 0.307 e. The maximum absolute atomic E-state index is 4.31. The highest BCUT2D eigenvalue weighted by atomic mass is 32.1. The zero-order valence-electron chi connectivity index (χ0n) is 8.85. The Bertz CT molecular complexity index is 312. The molecule has 0 spiro atoms. The number of nitrogens with zero attached hydrogens (tertiary/aromatic N) is 2. The lowest BCUT2D eigenvalue weighted by molar-refractivity contribution is 0.298. The molecule has 2 aliphatic heterocycles. The average molecular weight is 223 g/mol. The van der Waals surface area contributed by atoms with E-state index in [1.54, 1.807) is 11.3 Å². The first-order valence-electron chi connectivity index (χ1n) is 5.78. The van der Waals surface area contributed by atoms with Gasteiger partial charge >= 0.3 is 0 Å². The number of thiazole rings is 1. The van der Waals surface area contributed by atoms with E-state index in [0.717, 1.165) is 12.6 Å². The monoisotopic (exact) mass is 223 g/mol. The molecule has 0 aliphatic carbocycles. The van der Waals surface area contributed by atoms with Crippen LogP contribution in [0, 0.1) is 0 Å². The summed E-state index contributed by atoms with van der Waals surface area (Å²) in [5.41, 5.74) is 3.10. The van der Waals surface area contributed by atoms with Crippen LogP contribution in [0.2, 0.25) is 0 Å². The Kier molecular flexibility index (Phi) is 2.73. The summed E-state index contributed by atoms with van der Waals surface area (Å²) in [5, 5.41) is 5.79. The molecule has 1 aromatic heterocycles.